The van der Waals surface area contributed by atoms with E-state index in [2.05, 4.69) is 4.90 Å². The smallest absolute Gasteiger partial charge is 0.306 e. The molecule has 20 heavy (non-hydrogen) atoms. The Hall–Kier alpha value is -1.10. The molecule has 0 saturated heterocycles. The van der Waals surface area contributed by atoms with Gasteiger partial charge in [-0.2, -0.15) is 13.2 Å². The molecule has 0 radical (unpaired) electrons. The van der Waals surface area contributed by atoms with Crippen LogP contribution in [0.15, 0.2) is 18.2 Å². The first-order valence-corrected chi connectivity index (χ1v) is 6.82. The molecule has 1 saturated carbocycles. The summed E-state index contributed by atoms with van der Waals surface area (Å²) in [5, 5.41) is 0. The monoisotopic (exact) mass is 289 g/mol. The van der Waals surface area contributed by atoms with Crippen LogP contribution in [-0.4, -0.2) is 25.0 Å². The van der Waals surface area contributed by atoms with Gasteiger partial charge in [0.1, 0.15) is 5.82 Å². The van der Waals surface area contributed by atoms with E-state index >= 15 is 0 Å². The summed E-state index contributed by atoms with van der Waals surface area (Å²) in [4.78, 5) is 2.11. The molecule has 0 aromatic heterocycles. The Kier molecular flexibility index (Phi) is 4.37. The molecule has 2 rings (SSSR count). The van der Waals surface area contributed by atoms with Crippen LogP contribution in [0.25, 0.3) is 0 Å². The van der Waals surface area contributed by atoms with Gasteiger partial charge in [-0.25, -0.2) is 4.39 Å². The van der Waals surface area contributed by atoms with Crippen LogP contribution in [0, 0.1) is 5.82 Å². The SMILES string of the molecule is CN(C)C1CCCC(c2ccc(F)c(C(F)(F)F)c2)C1. The van der Waals surface area contributed by atoms with E-state index in [9.17, 15) is 17.6 Å². The van der Waals surface area contributed by atoms with Crippen molar-refractivity contribution in [2.75, 3.05) is 14.1 Å². The molecule has 112 valence electrons. The Morgan fingerprint density at radius 2 is 1.85 bits per heavy atom. The standard InChI is InChI=1S/C15H19F4N/c1-20(2)12-5-3-4-10(8-12)11-6-7-14(16)13(9-11)15(17,18)19/h6-7,9-10,12H,3-5,8H2,1-2H3. The molecule has 1 fully saturated rings. The van der Waals surface area contributed by atoms with Gasteiger partial charge in [0.05, 0.1) is 5.56 Å². The molecule has 0 bridgehead atoms. The van der Waals surface area contributed by atoms with Crippen molar-refractivity contribution in [2.24, 2.45) is 0 Å². The molecule has 0 heterocycles. The zero-order valence-corrected chi connectivity index (χ0v) is 11.7. The molecule has 1 aromatic rings. The second-order valence-corrected chi connectivity index (χ2v) is 5.72. The van der Waals surface area contributed by atoms with Crippen LogP contribution in [0.3, 0.4) is 0 Å². The van der Waals surface area contributed by atoms with Gasteiger partial charge < -0.3 is 4.90 Å². The molecular weight excluding hydrogens is 270 g/mol. The highest BCUT2D eigenvalue weighted by molar-refractivity contribution is 5.30. The van der Waals surface area contributed by atoms with Crippen molar-refractivity contribution in [2.45, 2.75) is 43.8 Å². The zero-order chi connectivity index (χ0) is 14.9. The quantitative estimate of drug-likeness (QED) is 0.728. The highest BCUT2D eigenvalue weighted by Gasteiger charge is 2.35. The second-order valence-electron chi connectivity index (χ2n) is 5.72. The predicted molar refractivity (Wildman–Crippen MR) is 70.1 cm³/mol. The van der Waals surface area contributed by atoms with Crippen molar-refractivity contribution in [3.8, 4) is 0 Å². The highest BCUT2D eigenvalue weighted by Crippen LogP contribution is 2.38. The molecular formula is C15H19F4N. The van der Waals surface area contributed by atoms with Gasteiger partial charge in [0.25, 0.3) is 0 Å². The summed E-state index contributed by atoms with van der Waals surface area (Å²) in [6, 6.07) is 3.80. The van der Waals surface area contributed by atoms with Crippen LogP contribution < -0.4 is 0 Å². The molecule has 2 atom stereocenters. The molecule has 0 N–H and O–H groups in total. The fourth-order valence-electron chi connectivity index (χ4n) is 2.95. The summed E-state index contributed by atoms with van der Waals surface area (Å²) in [5.41, 5.74) is -0.549. The highest BCUT2D eigenvalue weighted by atomic mass is 19.4. The van der Waals surface area contributed by atoms with Crippen molar-refractivity contribution >= 4 is 0 Å². The summed E-state index contributed by atoms with van der Waals surface area (Å²) < 4.78 is 51.6. The van der Waals surface area contributed by atoms with Crippen LogP contribution in [-0.2, 0) is 6.18 Å². The third kappa shape index (κ3) is 3.32. The molecule has 0 aliphatic heterocycles. The van der Waals surface area contributed by atoms with E-state index in [0.717, 1.165) is 37.8 Å². The maximum atomic E-state index is 13.3. The summed E-state index contributed by atoms with van der Waals surface area (Å²) in [6.07, 6.45) is -0.873. The number of nitrogens with zero attached hydrogens (tertiary/aromatic N) is 1. The average molecular weight is 289 g/mol. The Bertz CT molecular complexity index is 467. The summed E-state index contributed by atoms with van der Waals surface area (Å²) in [7, 11) is 3.97. The fourth-order valence-corrected chi connectivity index (χ4v) is 2.95. The number of rotatable bonds is 2. The van der Waals surface area contributed by atoms with Gasteiger partial charge in [-0.1, -0.05) is 12.5 Å². The molecule has 2 unspecified atom stereocenters. The molecule has 1 nitrogen and oxygen atoms in total. The Balaban J connectivity index is 2.25. The van der Waals surface area contributed by atoms with Gasteiger partial charge in [-0.3, -0.25) is 0 Å². The number of benzene rings is 1. The van der Waals surface area contributed by atoms with Crippen molar-refractivity contribution in [3.05, 3.63) is 35.1 Å². The lowest BCUT2D eigenvalue weighted by atomic mass is 9.80. The Morgan fingerprint density at radius 3 is 2.45 bits per heavy atom. The van der Waals surface area contributed by atoms with Crippen molar-refractivity contribution in [3.63, 3.8) is 0 Å². The third-order valence-electron chi connectivity index (χ3n) is 4.14. The third-order valence-corrected chi connectivity index (χ3v) is 4.14. The van der Waals surface area contributed by atoms with Gasteiger partial charge in [0.2, 0.25) is 0 Å². The maximum Gasteiger partial charge on any atom is 0.419 e. The Morgan fingerprint density at radius 1 is 1.15 bits per heavy atom. The van der Waals surface area contributed by atoms with E-state index in [1.807, 2.05) is 14.1 Å². The van der Waals surface area contributed by atoms with Gasteiger partial charge in [0.15, 0.2) is 0 Å². The largest absolute Gasteiger partial charge is 0.419 e. The van der Waals surface area contributed by atoms with E-state index in [0.29, 0.717) is 11.6 Å². The first-order chi connectivity index (χ1) is 9.29. The van der Waals surface area contributed by atoms with Crippen LogP contribution in [0.2, 0.25) is 0 Å². The summed E-state index contributed by atoms with van der Waals surface area (Å²) in [6.45, 7) is 0. The van der Waals surface area contributed by atoms with Crippen LogP contribution in [0.4, 0.5) is 17.6 Å². The Labute approximate surface area is 116 Å². The minimum Gasteiger partial charge on any atom is -0.306 e. The van der Waals surface area contributed by atoms with Crippen molar-refractivity contribution < 1.29 is 17.6 Å². The van der Waals surface area contributed by atoms with Crippen molar-refractivity contribution in [1.29, 1.82) is 0 Å². The first kappa shape index (κ1) is 15.3. The molecule has 5 heteroatoms. The predicted octanol–water partition coefficient (Wildman–Crippen LogP) is 4.43. The molecule has 0 spiro atoms. The van der Waals surface area contributed by atoms with E-state index in [-0.39, 0.29) is 5.92 Å². The van der Waals surface area contributed by atoms with Crippen LogP contribution in [0.5, 0.6) is 0 Å². The van der Waals surface area contributed by atoms with E-state index in [1.54, 1.807) is 0 Å². The topological polar surface area (TPSA) is 3.24 Å². The normalized spacial score (nSPS) is 24.1. The molecule has 1 aromatic carbocycles. The van der Waals surface area contributed by atoms with Gasteiger partial charge >= 0.3 is 6.18 Å². The lowest BCUT2D eigenvalue weighted by molar-refractivity contribution is -0.140. The average Bonchev–Trinajstić information content (AvgIpc) is 2.38. The lowest BCUT2D eigenvalue weighted by Gasteiger charge is -2.33. The minimum absolute atomic E-state index is 0.0813. The molecule has 0 amide bonds. The number of halogens is 4. The maximum absolute atomic E-state index is 13.3. The van der Waals surface area contributed by atoms with Gasteiger partial charge in [-0.15, -0.1) is 0 Å². The first-order valence-electron chi connectivity index (χ1n) is 6.82. The minimum atomic E-state index is -4.63. The zero-order valence-electron chi connectivity index (χ0n) is 11.7. The van der Waals surface area contributed by atoms with Gasteiger partial charge in [-0.05, 0) is 57.0 Å². The van der Waals surface area contributed by atoms with Gasteiger partial charge in [0, 0.05) is 6.04 Å². The van der Waals surface area contributed by atoms with E-state index < -0.39 is 17.6 Å². The lowest BCUT2D eigenvalue weighted by Crippen LogP contribution is -2.32. The summed E-state index contributed by atoms with van der Waals surface area (Å²) in [5.74, 6) is -1.11. The van der Waals surface area contributed by atoms with E-state index in [4.69, 9.17) is 0 Å². The van der Waals surface area contributed by atoms with E-state index in [1.165, 1.54) is 6.07 Å². The fraction of sp³-hybridized carbons (Fsp3) is 0.600. The summed E-state index contributed by atoms with van der Waals surface area (Å²) >= 11 is 0. The molecule has 1 aliphatic rings. The second kappa shape index (κ2) is 5.72. The van der Waals surface area contributed by atoms with Crippen LogP contribution in [0.1, 0.15) is 42.7 Å². The number of hydrogen-bond acceptors (Lipinski definition) is 1. The molecule has 1 aliphatic carbocycles. The number of alkyl halides is 3. The van der Waals surface area contributed by atoms with Crippen molar-refractivity contribution in [1.82, 2.24) is 4.90 Å². The van der Waals surface area contributed by atoms with Crippen LogP contribution >= 0.6 is 0 Å². The number of hydrogen-bond donors (Lipinski definition) is 0.